The molecule has 1 N–H and O–H groups in total. The van der Waals surface area contributed by atoms with Crippen molar-refractivity contribution in [1.82, 2.24) is 5.32 Å². The van der Waals surface area contributed by atoms with E-state index in [9.17, 15) is 4.79 Å². The third-order valence-corrected chi connectivity index (χ3v) is 2.10. The van der Waals surface area contributed by atoms with Gasteiger partial charge in [-0.15, -0.1) is 0 Å². The minimum atomic E-state index is 0.00877. The summed E-state index contributed by atoms with van der Waals surface area (Å²) in [5, 5.41) is 6.15. The number of azide groups is 1. The summed E-state index contributed by atoms with van der Waals surface area (Å²) in [6.45, 7) is 2.20. The maximum Gasteiger partial charge on any atom is 0.225 e. The Bertz CT molecular complexity index is 231. The maximum absolute atomic E-state index is 11.4. The Labute approximate surface area is 82.2 Å². The van der Waals surface area contributed by atoms with Gasteiger partial charge in [0, 0.05) is 24.6 Å². The van der Waals surface area contributed by atoms with Crippen molar-refractivity contribution in [3.05, 3.63) is 10.4 Å². The number of ether oxygens (including phenoxy) is 1. The van der Waals surface area contributed by atoms with E-state index in [0.29, 0.717) is 32.7 Å². The van der Waals surface area contributed by atoms with E-state index >= 15 is 0 Å². The Balaban J connectivity index is 2.05. The Morgan fingerprint density at radius 3 is 3.21 bits per heavy atom. The van der Waals surface area contributed by atoms with E-state index in [0.717, 1.165) is 6.42 Å². The number of amides is 1. The smallest absolute Gasteiger partial charge is 0.225 e. The zero-order chi connectivity index (χ0) is 10.2. The molecule has 1 unspecified atom stereocenters. The molecular weight excluding hydrogens is 184 g/mol. The van der Waals surface area contributed by atoms with Crippen molar-refractivity contribution in [2.24, 2.45) is 11.0 Å². The first kappa shape index (κ1) is 10.8. The second kappa shape index (κ2) is 6.23. The second-order valence-corrected chi connectivity index (χ2v) is 3.16. The molecule has 0 aromatic heterocycles. The molecule has 6 nitrogen and oxygen atoms in total. The van der Waals surface area contributed by atoms with Gasteiger partial charge in [0.1, 0.15) is 0 Å². The van der Waals surface area contributed by atoms with E-state index in [2.05, 4.69) is 15.3 Å². The summed E-state index contributed by atoms with van der Waals surface area (Å²) in [5.74, 6) is 0.0536. The molecule has 1 aliphatic heterocycles. The minimum Gasteiger partial charge on any atom is -0.381 e. The number of carbonyl (C=O) groups excluding carboxylic acids is 1. The molecule has 0 saturated carbocycles. The molecule has 1 amide bonds. The first-order valence-corrected chi connectivity index (χ1v) is 4.71. The molecule has 1 aliphatic rings. The molecule has 1 fully saturated rings. The Hall–Kier alpha value is -1.26. The summed E-state index contributed by atoms with van der Waals surface area (Å²) in [5.41, 5.74) is 8.00. The third-order valence-electron chi connectivity index (χ3n) is 2.10. The quantitative estimate of drug-likeness (QED) is 0.307. The lowest BCUT2D eigenvalue weighted by Crippen LogP contribution is -2.31. The number of hydrogen-bond acceptors (Lipinski definition) is 3. The summed E-state index contributed by atoms with van der Waals surface area (Å²) < 4.78 is 5.10. The van der Waals surface area contributed by atoms with Crippen LogP contribution < -0.4 is 5.32 Å². The molecular formula is C8H14N4O2. The molecule has 0 radical (unpaired) electrons. The Morgan fingerprint density at radius 2 is 2.57 bits per heavy atom. The normalized spacial score (nSPS) is 20.1. The van der Waals surface area contributed by atoms with E-state index in [1.54, 1.807) is 0 Å². The molecule has 0 aliphatic carbocycles. The summed E-state index contributed by atoms with van der Waals surface area (Å²) in [7, 11) is 0. The SMILES string of the molecule is [N-]=[N+]=NCCCNC(=O)C1CCOC1. The van der Waals surface area contributed by atoms with Gasteiger partial charge in [0.05, 0.1) is 12.5 Å². The van der Waals surface area contributed by atoms with Crippen LogP contribution in [0.4, 0.5) is 0 Å². The van der Waals surface area contributed by atoms with E-state index in [1.807, 2.05) is 0 Å². The Morgan fingerprint density at radius 1 is 1.71 bits per heavy atom. The third kappa shape index (κ3) is 3.64. The number of nitrogens with zero attached hydrogens (tertiary/aromatic N) is 3. The van der Waals surface area contributed by atoms with Crippen molar-refractivity contribution in [2.75, 3.05) is 26.3 Å². The number of hydrogen-bond donors (Lipinski definition) is 1. The van der Waals surface area contributed by atoms with Gasteiger partial charge < -0.3 is 10.1 Å². The predicted octanol–water partition coefficient (Wildman–Crippen LogP) is 0.839. The average Bonchev–Trinajstić information content (AvgIpc) is 2.70. The van der Waals surface area contributed by atoms with Gasteiger partial charge in [0.25, 0.3) is 0 Å². The zero-order valence-electron chi connectivity index (χ0n) is 7.98. The lowest BCUT2D eigenvalue weighted by Gasteiger charge is -2.07. The molecule has 1 atom stereocenters. The van der Waals surface area contributed by atoms with Gasteiger partial charge in [0.2, 0.25) is 5.91 Å². The van der Waals surface area contributed by atoms with Crippen molar-refractivity contribution >= 4 is 5.91 Å². The van der Waals surface area contributed by atoms with Gasteiger partial charge >= 0.3 is 0 Å². The molecule has 1 saturated heterocycles. The number of carbonyl (C=O) groups is 1. The Kier molecular flexibility index (Phi) is 4.82. The molecule has 0 aromatic rings. The van der Waals surface area contributed by atoms with Crippen LogP contribution in [0.2, 0.25) is 0 Å². The second-order valence-electron chi connectivity index (χ2n) is 3.16. The highest BCUT2D eigenvalue weighted by atomic mass is 16.5. The van der Waals surface area contributed by atoms with Crippen LogP contribution in [0.5, 0.6) is 0 Å². The van der Waals surface area contributed by atoms with Gasteiger partial charge in [-0.1, -0.05) is 5.11 Å². The highest BCUT2D eigenvalue weighted by Gasteiger charge is 2.22. The summed E-state index contributed by atoms with van der Waals surface area (Å²) in [6, 6.07) is 0. The van der Waals surface area contributed by atoms with Crippen molar-refractivity contribution in [3.63, 3.8) is 0 Å². The molecule has 6 heteroatoms. The van der Waals surface area contributed by atoms with Crippen LogP contribution in [-0.2, 0) is 9.53 Å². The van der Waals surface area contributed by atoms with Gasteiger partial charge in [-0.05, 0) is 18.4 Å². The number of nitrogens with one attached hydrogen (secondary N) is 1. The van der Waals surface area contributed by atoms with Crippen molar-refractivity contribution < 1.29 is 9.53 Å². The van der Waals surface area contributed by atoms with Crippen LogP contribution in [0, 0.1) is 5.92 Å². The van der Waals surface area contributed by atoms with Gasteiger partial charge in [-0.2, -0.15) is 0 Å². The molecule has 0 spiro atoms. The molecule has 1 heterocycles. The molecule has 1 rings (SSSR count). The fourth-order valence-electron chi connectivity index (χ4n) is 1.29. The number of rotatable bonds is 5. The van der Waals surface area contributed by atoms with Gasteiger partial charge in [-0.25, -0.2) is 0 Å². The van der Waals surface area contributed by atoms with E-state index in [1.165, 1.54) is 0 Å². The summed E-state index contributed by atoms with van der Waals surface area (Å²) in [6.07, 6.45) is 1.49. The van der Waals surface area contributed by atoms with Crippen molar-refractivity contribution in [1.29, 1.82) is 0 Å². The molecule has 0 aromatic carbocycles. The molecule has 14 heavy (non-hydrogen) atoms. The summed E-state index contributed by atoms with van der Waals surface area (Å²) >= 11 is 0. The average molecular weight is 198 g/mol. The highest BCUT2D eigenvalue weighted by molar-refractivity contribution is 5.78. The van der Waals surface area contributed by atoms with E-state index in [4.69, 9.17) is 10.3 Å². The lowest BCUT2D eigenvalue weighted by atomic mass is 10.1. The van der Waals surface area contributed by atoms with Crippen LogP contribution in [0.15, 0.2) is 5.11 Å². The monoisotopic (exact) mass is 198 g/mol. The van der Waals surface area contributed by atoms with Gasteiger partial charge in [-0.3, -0.25) is 4.79 Å². The zero-order valence-corrected chi connectivity index (χ0v) is 7.98. The first-order chi connectivity index (χ1) is 6.84. The predicted molar refractivity (Wildman–Crippen MR) is 50.6 cm³/mol. The van der Waals surface area contributed by atoms with Crippen LogP contribution in [0.25, 0.3) is 10.4 Å². The highest BCUT2D eigenvalue weighted by Crippen LogP contribution is 2.11. The van der Waals surface area contributed by atoms with Crippen molar-refractivity contribution in [2.45, 2.75) is 12.8 Å². The summed E-state index contributed by atoms with van der Waals surface area (Å²) in [4.78, 5) is 14.0. The molecule has 0 bridgehead atoms. The molecule has 78 valence electrons. The van der Waals surface area contributed by atoms with Crippen LogP contribution in [-0.4, -0.2) is 32.2 Å². The fraction of sp³-hybridized carbons (Fsp3) is 0.875. The van der Waals surface area contributed by atoms with E-state index < -0.39 is 0 Å². The topological polar surface area (TPSA) is 87.1 Å². The van der Waals surface area contributed by atoms with Crippen LogP contribution in [0.1, 0.15) is 12.8 Å². The van der Waals surface area contributed by atoms with E-state index in [-0.39, 0.29) is 11.8 Å². The maximum atomic E-state index is 11.4. The van der Waals surface area contributed by atoms with Crippen LogP contribution >= 0.6 is 0 Å². The van der Waals surface area contributed by atoms with Crippen molar-refractivity contribution in [3.8, 4) is 0 Å². The largest absolute Gasteiger partial charge is 0.381 e. The first-order valence-electron chi connectivity index (χ1n) is 4.71. The van der Waals surface area contributed by atoms with Gasteiger partial charge in [0.15, 0.2) is 0 Å². The lowest BCUT2D eigenvalue weighted by molar-refractivity contribution is -0.124. The fourth-order valence-corrected chi connectivity index (χ4v) is 1.29. The van der Waals surface area contributed by atoms with Crippen LogP contribution in [0.3, 0.4) is 0 Å². The minimum absolute atomic E-state index is 0.00877. The standard InChI is InChI=1S/C8H14N4O2/c9-12-11-4-1-3-10-8(13)7-2-5-14-6-7/h7H,1-6H2,(H,10,13).